The molecule has 2 saturated heterocycles. The van der Waals surface area contributed by atoms with Crippen molar-refractivity contribution < 1.29 is 32.2 Å². The van der Waals surface area contributed by atoms with Crippen LogP contribution in [0.3, 0.4) is 0 Å². The lowest BCUT2D eigenvalue weighted by molar-refractivity contribution is -0.163. The first-order valence-corrected chi connectivity index (χ1v) is 7.62. The van der Waals surface area contributed by atoms with Gasteiger partial charge in [-0.05, 0) is 26.7 Å². The lowest BCUT2D eigenvalue weighted by Gasteiger charge is -2.37. The van der Waals surface area contributed by atoms with E-state index in [0.717, 1.165) is 4.90 Å². The van der Waals surface area contributed by atoms with Gasteiger partial charge in [-0.2, -0.15) is 13.2 Å². The van der Waals surface area contributed by atoms with Gasteiger partial charge in [0.1, 0.15) is 6.04 Å². The van der Waals surface area contributed by atoms with Crippen LogP contribution in [0, 0.1) is 0 Å². The molecule has 0 aromatic carbocycles. The lowest BCUT2D eigenvalue weighted by Crippen LogP contribution is -2.54. The van der Waals surface area contributed by atoms with Crippen molar-refractivity contribution in [3.63, 3.8) is 0 Å². The van der Waals surface area contributed by atoms with Gasteiger partial charge in [-0.1, -0.05) is 0 Å². The largest absolute Gasteiger partial charge is 0.440 e. The minimum Gasteiger partial charge on any atom is -0.440 e. The number of alkyl halides is 3. The molecule has 0 saturated carbocycles. The van der Waals surface area contributed by atoms with Crippen LogP contribution in [0.15, 0.2) is 0 Å². The molecule has 2 rings (SSSR count). The van der Waals surface area contributed by atoms with E-state index in [4.69, 9.17) is 4.74 Å². The predicted octanol–water partition coefficient (Wildman–Crippen LogP) is 1.79. The third-order valence-corrected chi connectivity index (χ3v) is 3.86. The zero-order valence-corrected chi connectivity index (χ0v) is 13.1. The monoisotopic (exact) mass is 338 g/mol. The maximum absolute atomic E-state index is 12.6. The number of hydrogen-bond acceptors (Lipinski definition) is 4. The molecule has 0 bridgehead atoms. The molecule has 3 unspecified atom stereocenters. The summed E-state index contributed by atoms with van der Waals surface area (Å²) in [5.74, 6) is -0.256. The molecule has 0 N–H and O–H groups in total. The van der Waals surface area contributed by atoms with E-state index >= 15 is 0 Å². The first-order chi connectivity index (χ1) is 10.7. The second kappa shape index (κ2) is 6.94. The Morgan fingerprint density at radius 1 is 1.22 bits per heavy atom. The molecule has 23 heavy (non-hydrogen) atoms. The third kappa shape index (κ3) is 4.73. The van der Waals surface area contributed by atoms with Crippen molar-refractivity contribution in [1.29, 1.82) is 0 Å². The Bertz CT molecular complexity index is 448. The summed E-state index contributed by atoms with van der Waals surface area (Å²) in [5, 5.41) is 0. The summed E-state index contributed by atoms with van der Waals surface area (Å²) in [6.45, 7) is 3.09. The van der Waals surface area contributed by atoms with Crippen molar-refractivity contribution in [1.82, 2.24) is 9.80 Å². The molecule has 0 aromatic rings. The van der Waals surface area contributed by atoms with Gasteiger partial charge >= 0.3 is 12.3 Å². The summed E-state index contributed by atoms with van der Waals surface area (Å²) in [6.07, 6.45) is -4.91. The van der Waals surface area contributed by atoms with Crippen LogP contribution in [0.2, 0.25) is 0 Å². The average molecular weight is 338 g/mol. The summed E-state index contributed by atoms with van der Waals surface area (Å²) in [6, 6.07) is -0.756. The highest BCUT2D eigenvalue weighted by Crippen LogP contribution is 2.23. The van der Waals surface area contributed by atoms with E-state index < -0.39 is 24.9 Å². The van der Waals surface area contributed by atoms with Crippen molar-refractivity contribution in [2.24, 2.45) is 0 Å². The average Bonchev–Trinajstić information content (AvgIpc) is 2.91. The van der Waals surface area contributed by atoms with Gasteiger partial charge in [0, 0.05) is 19.6 Å². The molecule has 0 radical (unpaired) electrons. The molecular formula is C14H21F3N2O4. The molecule has 0 aliphatic carbocycles. The lowest BCUT2D eigenvalue weighted by atomic mass is 10.1. The molecule has 2 heterocycles. The van der Waals surface area contributed by atoms with Crippen LogP contribution in [0.25, 0.3) is 0 Å². The van der Waals surface area contributed by atoms with E-state index in [0.29, 0.717) is 25.9 Å². The van der Waals surface area contributed by atoms with Gasteiger partial charge in [0.2, 0.25) is 5.91 Å². The number of ether oxygens (including phenoxy) is 2. The molecule has 6 nitrogen and oxygen atoms in total. The number of carbonyl (C=O) groups is 2. The highest BCUT2D eigenvalue weighted by Gasteiger charge is 2.40. The SMILES string of the molecule is CC1CN(C(=O)C2CCCN2C(=O)OCC(F)(F)F)CC(C)O1. The zero-order chi connectivity index (χ0) is 17.2. The molecule has 3 atom stereocenters. The van der Waals surface area contributed by atoms with E-state index in [1.807, 2.05) is 13.8 Å². The van der Waals surface area contributed by atoms with Crippen molar-refractivity contribution >= 4 is 12.0 Å². The summed E-state index contributed by atoms with van der Waals surface area (Å²) in [4.78, 5) is 27.1. The zero-order valence-electron chi connectivity index (χ0n) is 13.1. The summed E-state index contributed by atoms with van der Waals surface area (Å²) >= 11 is 0. The van der Waals surface area contributed by atoms with Crippen LogP contribution >= 0.6 is 0 Å². The van der Waals surface area contributed by atoms with Gasteiger partial charge in [0.15, 0.2) is 6.61 Å². The maximum atomic E-state index is 12.6. The molecule has 9 heteroatoms. The minimum absolute atomic E-state index is 0.116. The van der Waals surface area contributed by atoms with E-state index in [2.05, 4.69) is 4.74 Å². The Morgan fingerprint density at radius 2 is 1.83 bits per heavy atom. The fourth-order valence-electron chi connectivity index (χ4n) is 3.04. The number of amides is 2. The summed E-state index contributed by atoms with van der Waals surface area (Å²) in [7, 11) is 0. The molecule has 132 valence electrons. The van der Waals surface area contributed by atoms with Crippen molar-refractivity contribution in [2.45, 2.75) is 51.1 Å². The smallest absolute Gasteiger partial charge is 0.422 e. The number of nitrogens with zero attached hydrogens (tertiary/aromatic N) is 2. The number of hydrogen-bond donors (Lipinski definition) is 0. The fraction of sp³-hybridized carbons (Fsp3) is 0.857. The van der Waals surface area contributed by atoms with Gasteiger partial charge in [0.05, 0.1) is 12.2 Å². The predicted molar refractivity (Wildman–Crippen MR) is 73.7 cm³/mol. The Kier molecular flexibility index (Phi) is 5.38. The van der Waals surface area contributed by atoms with E-state index in [-0.39, 0.29) is 24.7 Å². The molecule has 0 spiro atoms. The van der Waals surface area contributed by atoms with Gasteiger partial charge in [-0.25, -0.2) is 4.79 Å². The number of likely N-dealkylation sites (tertiary alicyclic amines) is 1. The van der Waals surface area contributed by atoms with Crippen molar-refractivity contribution in [3.05, 3.63) is 0 Å². The van der Waals surface area contributed by atoms with Crippen LogP contribution in [-0.4, -0.2) is 72.5 Å². The van der Waals surface area contributed by atoms with Gasteiger partial charge in [0.25, 0.3) is 0 Å². The highest BCUT2D eigenvalue weighted by molar-refractivity contribution is 5.86. The number of carbonyl (C=O) groups excluding carboxylic acids is 2. The van der Waals surface area contributed by atoms with E-state index in [1.54, 1.807) is 4.90 Å². The Morgan fingerprint density at radius 3 is 2.39 bits per heavy atom. The molecule has 2 amide bonds. The van der Waals surface area contributed by atoms with Crippen LogP contribution in [0.4, 0.5) is 18.0 Å². The van der Waals surface area contributed by atoms with Crippen LogP contribution in [0.1, 0.15) is 26.7 Å². The quantitative estimate of drug-likeness (QED) is 0.770. The topological polar surface area (TPSA) is 59.1 Å². The Hall–Kier alpha value is -1.51. The number of halogens is 3. The van der Waals surface area contributed by atoms with Crippen molar-refractivity contribution in [3.8, 4) is 0 Å². The number of rotatable bonds is 2. The maximum Gasteiger partial charge on any atom is 0.422 e. The minimum atomic E-state index is -4.58. The summed E-state index contributed by atoms with van der Waals surface area (Å²) in [5.41, 5.74) is 0. The van der Waals surface area contributed by atoms with Crippen LogP contribution < -0.4 is 0 Å². The van der Waals surface area contributed by atoms with Gasteiger partial charge < -0.3 is 14.4 Å². The molecule has 2 aliphatic heterocycles. The standard InChI is InChI=1S/C14H21F3N2O4/c1-9-6-18(7-10(2)23-9)12(20)11-4-3-5-19(11)13(21)22-8-14(15,16)17/h9-11H,3-8H2,1-2H3. The van der Waals surface area contributed by atoms with E-state index in [1.165, 1.54) is 0 Å². The van der Waals surface area contributed by atoms with Crippen LogP contribution in [0.5, 0.6) is 0 Å². The Labute approximate surface area is 132 Å². The molecular weight excluding hydrogens is 317 g/mol. The van der Waals surface area contributed by atoms with Gasteiger partial charge in [-0.3, -0.25) is 9.69 Å². The summed E-state index contributed by atoms with van der Waals surface area (Å²) < 4.78 is 46.3. The fourth-order valence-corrected chi connectivity index (χ4v) is 3.04. The molecule has 0 aromatic heterocycles. The first kappa shape index (κ1) is 17.8. The molecule has 2 aliphatic rings. The number of morpholine rings is 1. The molecule has 2 fully saturated rings. The first-order valence-electron chi connectivity index (χ1n) is 7.62. The highest BCUT2D eigenvalue weighted by atomic mass is 19.4. The third-order valence-electron chi connectivity index (χ3n) is 3.86. The van der Waals surface area contributed by atoms with E-state index in [9.17, 15) is 22.8 Å². The van der Waals surface area contributed by atoms with Crippen molar-refractivity contribution in [2.75, 3.05) is 26.2 Å². The normalized spacial score (nSPS) is 28.8. The second-order valence-electron chi connectivity index (χ2n) is 6.02. The Balaban J connectivity index is 1.97. The van der Waals surface area contributed by atoms with Gasteiger partial charge in [-0.15, -0.1) is 0 Å². The second-order valence-corrected chi connectivity index (χ2v) is 6.02. The van der Waals surface area contributed by atoms with Crippen LogP contribution in [-0.2, 0) is 14.3 Å².